The Balaban J connectivity index is 1.34. The van der Waals surface area contributed by atoms with Crippen molar-refractivity contribution < 1.29 is 4.79 Å². The van der Waals surface area contributed by atoms with Gasteiger partial charge in [-0.15, -0.1) is 0 Å². The highest BCUT2D eigenvalue weighted by atomic mass is 16.2. The van der Waals surface area contributed by atoms with Crippen LogP contribution in [0.4, 0.5) is 5.82 Å². The predicted octanol–water partition coefficient (Wildman–Crippen LogP) is 5.83. The van der Waals surface area contributed by atoms with Gasteiger partial charge in [-0.1, -0.05) is 30.3 Å². The summed E-state index contributed by atoms with van der Waals surface area (Å²) in [4.78, 5) is 27.7. The highest BCUT2D eigenvalue weighted by Gasteiger charge is 2.30. The van der Waals surface area contributed by atoms with Gasteiger partial charge in [-0.25, -0.2) is 9.97 Å². The number of pyridine rings is 1. The van der Waals surface area contributed by atoms with E-state index >= 15 is 0 Å². The van der Waals surface area contributed by atoms with Crippen molar-refractivity contribution in [2.45, 2.75) is 26.4 Å². The molecule has 3 aromatic heterocycles. The summed E-state index contributed by atoms with van der Waals surface area (Å²) in [7, 11) is 0. The van der Waals surface area contributed by atoms with E-state index in [4.69, 9.17) is 4.98 Å². The molecule has 162 valence electrons. The second-order valence-electron chi connectivity index (χ2n) is 8.68. The third kappa shape index (κ3) is 3.22. The number of carbonyl (C=O) groups is 1. The fraction of sp³-hybridized carbons (Fsp3) is 0.148. The standard InChI is InChI=1S/C27H23N5O/c1-17(2)31-13-12-29-26(31)23-4-3-5-25(30-23)32-16-21-9-8-19(14-22(21)27(32)33)20-7-6-18-10-11-28-24(18)15-20/h3-15,17,28H,16H2,1-2H3. The number of fused-ring (bicyclic) bond motifs is 2. The highest BCUT2D eigenvalue weighted by molar-refractivity contribution is 6.10. The fourth-order valence-electron chi connectivity index (χ4n) is 4.52. The number of benzene rings is 2. The molecular formula is C27H23N5O. The van der Waals surface area contributed by atoms with Crippen LogP contribution in [0.5, 0.6) is 0 Å². The Bertz CT molecular complexity index is 1510. The number of nitrogens with one attached hydrogen (secondary N) is 1. The van der Waals surface area contributed by atoms with Crippen LogP contribution in [-0.4, -0.2) is 25.4 Å². The molecule has 0 atom stereocenters. The zero-order valence-corrected chi connectivity index (χ0v) is 18.5. The minimum absolute atomic E-state index is 0.0235. The van der Waals surface area contributed by atoms with E-state index in [9.17, 15) is 4.79 Å². The minimum atomic E-state index is -0.0235. The third-order valence-corrected chi connectivity index (χ3v) is 6.27. The Morgan fingerprint density at radius 1 is 1.00 bits per heavy atom. The van der Waals surface area contributed by atoms with Gasteiger partial charge in [-0.2, -0.15) is 0 Å². The zero-order chi connectivity index (χ0) is 22.5. The first-order valence-electron chi connectivity index (χ1n) is 11.1. The summed E-state index contributed by atoms with van der Waals surface area (Å²) >= 11 is 0. The molecule has 1 N–H and O–H groups in total. The van der Waals surface area contributed by atoms with Crippen molar-refractivity contribution in [3.05, 3.63) is 90.4 Å². The van der Waals surface area contributed by atoms with Gasteiger partial charge in [0.2, 0.25) is 0 Å². The van der Waals surface area contributed by atoms with Crippen molar-refractivity contribution >= 4 is 22.6 Å². The Kier molecular flexibility index (Phi) is 4.40. The molecule has 0 bridgehead atoms. The first-order chi connectivity index (χ1) is 16.1. The molecule has 5 aromatic rings. The van der Waals surface area contributed by atoms with Crippen molar-refractivity contribution in [1.29, 1.82) is 0 Å². The van der Waals surface area contributed by atoms with Gasteiger partial charge in [0.25, 0.3) is 5.91 Å². The SMILES string of the molecule is CC(C)n1ccnc1-c1cccc(N2Cc3ccc(-c4ccc5cc[nH]c5c4)cc3C2=O)n1. The van der Waals surface area contributed by atoms with Gasteiger partial charge in [0.05, 0.1) is 6.54 Å². The summed E-state index contributed by atoms with van der Waals surface area (Å²) in [5, 5.41) is 1.17. The summed E-state index contributed by atoms with van der Waals surface area (Å²) < 4.78 is 2.08. The topological polar surface area (TPSA) is 66.8 Å². The van der Waals surface area contributed by atoms with Crippen LogP contribution in [0.25, 0.3) is 33.5 Å². The average Bonchev–Trinajstić information content (AvgIpc) is 3.57. The van der Waals surface area contributed by atoms with Crippen molar-refractivity contribution in [2.75, 3.05) is 4.90 Å². The number of rotatable bonds is 4. The summed E-state index contributed by atoms with van der Waals surface area (Å²) in [5.41, 5.74) is 5.70. The van der Waals surface area contributed by atoms with Gasteiger partial charge >= 0.3 is 0 Å². The van der Waals surface area contributed by atoms with Crippen molar-refractivity contribution in [3.8, 4) is 22.6 Å². The van der Waals surface area contributed by atoms with Crippen molar-refractivity contribution in [3.63, 3.8) is 0 Å². The average molecular weight is 434 g/mol. The molecular weight excluding hydrogens is 410 g/mol. The molecule has 0 saturated heterocycles. The maximum atomic E-state index is 13.4. The molecule has 6 heteroatoms. The summed E-state index contributed by atoms with van der Waals surface area (Å²) in [6.45, 7) is 4.74. The largest absolute Gasteiger partial charge is 0.361 e. The number of nitrogens with zero attached hydrogens (tertiary/aromatic N) is 4. The summed E-state index contributed by atoms with van der Waals surface area (Å²) in [6, 6.07) is 20.5. The van der Waals surface area contributed by atoms with E-state index in [2.05, 4.69) is 64.8 Å². The number of anilines is 1. The summed E-state index contributed by atoms with van der Waals surface area (Å²) in [5.74, 6) is 1.42. The van der Waals surface area contributed by atoms with E-state index in [0.717, 1.165) is 39.3 Å². The van der Waals surface area contributed by atoms with Gasteiger partial charge in [0.1, 0.15) is 11.5 Å². The first-order valence-corrected chi connectivity index (χ1v) is 11.1. The molecule has 6 nitrogen and oxygen atoms in total. The Hall–Kier alpha value is -4.19. The molecule has 0 saturated carbocycles. The lowest BCUT2D eigenvalue weighted by Gasteiger charge is -2.16. The Morgan fingerprint density at radius 3 is 2.73 bits per heavy atom. The number of hydrogen-bond donors (Lipinski definition) is 1. The van der Waals surface area contributed by atoms with E-state index in [1.165, 1.54) is 5.39 Å². The van der Waals surface area contributed by atoms with Crippen molar-refractivity contribution in [2.24, 2.45) is 0 Å². The second kappa shape index (κ2) is 7.45. The Labute approximate surface area is 191 Å². The van der Waals surface area contributed by atoms with E-state index in [0.29, 0.717) is 12.4 Å². The highest BCUT2D eigenvalue weighted by Crippen LogP contribution is 2.33. The predicted molar refractivity (Wildman–Crippen MR) is 130 cm³/mol. The zero-order valence-electron chi connectivity index (χ0n) is 18.5. The van der Waals surface area contributed by atoms with Gasteiger partial charge in [-0.3, -0.25) is 9.69 Å². The molecule has 1 amide bonds. The molecule has 4 heterocycles. The van der Waals surface area contributed by atoms with E-state index in [1.54, 1.807) is 11.1 Å². The van der Waals surface area contributed by atoms with E-state index in [1.807, 2.05) is 36.7 Å². The monoisotopic (exact) mass is 433 g/mol. The van der Waals surface area contributed by atoms with Crippen LogP contribution in [0.3, 0.4) is 0 Å². The molecule has 0 unspecified atom stereocenters. The van der Waals surface area contributed by atoms with Crippen LogP contribution in [0.15, 0.2) is 79.3 Å². The second-order valence-corrected chi connectivity index (χ2v) is 8.68. The number of H-pyrrole nitrogens is 1. The molecule has 0 aliphatic carbocycles. The lowest BCUT2D eigenvalue weighted by molar-refractivity contribution is 0.0996. The van der Waals surface area contributed by atoms with E-state index < -0.39 is 0 Å². The van der Waals surface area contributed by atoms with Crippen LogP contribution in [0.1, 0.15) is 35.8 Å². The molecule has 0 spiro atoms. The van der Waals surface area contributed by atoms with Crippen LogP contribution in [0.2, 0.25) is 0 Å². The molecule has 1 aliphatic rings. The number of aromatic amines is 1. The number of carbonyl (C=O) groups excluding carboxylic acids is 1. The summed E-state index contributed by atoms with van der Waals surface area (Å²) in [6.07, 6.45) is 5.68. The van der Waals surface area contributed by atoms with Gasteiger partial charge < -0.3 is 9.55 Å². The normalized spacial score (nSPS) is 13.3. The first kappa shape index (κ1) is 19.5. The molecule has 6 rings (SSSR count). The molecule has 2 aromatic carbocycles. The Morgan fingerprint density at radius 2 is 1.85 bits per heavy atom. The molecule has 1 aliphatic heterocycles. The maximum absolute atomic E-state index is 13.4. The van der Waals surface area contributed by atoms with E-state index in [-0.39, 0.29) is 11.9 Å². The van der Waals surface area contributed by atoms with Crippen LogP contribution >= 0.6 is 0 Å². The molecule has 0 radical (unpaired) electrons. The number of amides is 1. The quantitative estimate of drug-likeness (QED) is 0.387. The van der Waals surface area contributed by atoms with Gasteiger partial charge in [0, 0.05) is 35.7 Å². The van der Waals surface area contributed by atoms with Crippen LogP contribution < -0.4 is 4.90 Å². The minimum Gasteiger partial charge on any atom is -0.361 e. The van der Waals surface area contributed by atoms with Crippen molar-refractivity contribution in [1.82, 2.24) is 19.5 Å². The number of hydrogen-bond acceptors (Lipinski definition) is 3. The van der Waals surface area contributed by atoms with Crippen LogP contribution in [-0.2, 0) is 6.54 Å². The molecule has 0 fully saturated rings. The smallest absolute Gasteiger partial charge is 0.260 e. The number of aromatic nitrogens is 4. The third-order valence-electron chi connectivity index (χ3n) is 6.27. The maximum Gasteiger partial charge on any atom is 0.260 e. The lowest BCUT2D eigenvalue weighted by atomic mass is 10.00. The van der Waals surface area contributed by atoms with Gasteiger partial charge in [0.15, 0.2) is 5.82 Å². The number of imidazole rings is 1. The lowest BCUT2D eigenvalue weighted by Crippen LogP contribution is -2.24. The fourth-order valence-corrected chi connectivity index (χ4v) is 4.52. The van der Waals surface area contributed by atoms with Crippen LogP contribution in [0, 0.1) is 0 Å². The van der Waals surface area contributed by atoms with Gasteiger partial charge in [-0.05, 0) is 66.3 Å². The molecule has 33 heavy (non-hydrogen) atoms.